The van der Waals surface area contributed by atoms with E-state index < -0.39 is 11.7 Å². The monoisotopic (exact) mass is 459 g/mol. The van der Waals surface area contributed by atoms with E-state index in [-0.39, 0.29) is 10.8 Å². The summed E-state index contributed by atoms with van der Waals surface area (Å²) in [4.78, 5) is 22.6. The van der Waals surface area contributed by atoms with Crippen LogP contribution < -0.4 is 15.8 Å². The van der Waals surface area contributed by atoms with Crippen molar-refractivity contribution in [3.63, 3.8) is 0 Å². The van der Waals surface area contributed by atoms with Gasteiger partial charge in [-0.3, -0.25) is 9.69 Å². The summed E-state index contributed by atoms with van der Waals surface area (Å²) in [5, 5.41) is 3.67. The van der Waals surface area contributed by atoms with Crippen LogP contribution >= 0.6 is 11.6 Å². The SMILES string of the molecule is NC(=O)c1nc(Nc2ccc(F)c(Cl)c2)c2ccc(OCCCN3CCOCC3)cc2n1. The van der Waals surface area contributed by atoms with E-state index in [0.717, 1.165) is 39.3 Å². The van der Waals surface area contributed by atoms with E-state index in [1.165, 1.54) is 18.2 Å². The number of anilines is 2. The van der Waals surface area contributed by atoms with Gasteiger partial charge in [0.1, 0.15) is 17.4 Å². The number of aromatic nitrogens is 2. The molecule has 0 unspecified atom stereocenters. The molecule has 1 aromatic heterocycles. The fraction of sp³-hybridized carbons (Fsp3) is 0.318. The molecule has 0 aliphatic carbocycles. The van der Waals surface area contributed by atoms with Gasteiger partial charge in [-0.05, 0) is 36.8 Å². The van der Waals surface area contributed by atoms with E-state index in [1.54, 1.807) is 12.1 Å². The van der Waals surface area contributed by atoms with Crippen LogP contribution in [0.3, 0.4) is 0 Å². The number of nitrogens with zero attached hydrogens (tertiary/aromatic N) is 3. The Morgan fingerprint density at radius 3 is 2.78 bits per heavy atom. The Morgan fingerprint density at radius 1 is 1.22 bits per heavy atom. The molecule has 1 fully saturated rings. The van der Waals surface area contributed by atoms with Gasteiger partial charge in [-0.15, -0.1) is 0 Å². The Kier molecular flexibility index (Phi) is 6.99. The van der Waals surface area contributed by atoms with Crippen molar-refractivity contribution < 1.29 is 18.7 Å². The highest BCUT2D eigenvalue weighted by Crippen LogP contribution is 2.28. The number of ether oxygens (including phenoxy) is 2. The second-order valence-corrected chi connectivity index (χ2v) is 7.76. The van der Waals surface area contributed by atoms with Gasteiger partial charge in [0.05, 0.1) is 30.4 Å². The van der Waals surface area contributed by atoms with Crippen LogP contribution in [0.1, 0.15) is 17.0 Å². The third-order valence-corrected chi connectivity index (χ3v) is 5.35. The van der Waals surface area contributed by atoms with Gasteiger partial charge in [-0.2, -0.15) is 0 Å². The van der Waals surface area contributed by atoms with Crippen LogP contribution in [0.5, 0.6) is 5.75 Å². The number of carbonyl (C=O) groups excluding carboxylic acids is 1. The summed E-state index contributed by atoms with van der Waals surface area (Å²) < 4.78 is 24.7. The van der Waals surface area contributed by atoms with Crippen LogP contribution in [-0.2, 0) is 4.74 Å². The smallest absolute Gasteiger partial charge is 0.286 e. The molecule has 10 heteroatoms. The molecule has 0 saturated carbocycles. The number of hydrogen-bond donors (Lipinski definition) is 2. The summed E-state index contributed by atoms with van der Waals surface area (Å²) in [6.45, 7) is 4.92. The minimum atomic E-state index is -0.760. The van der Waals surface area contributed by atoms with Crippen molar-refractivity contribution in [2.24, 2.45) is 5.73 Å². The first-order chi connectivity index (χ1) is 15.5. The van der Waals surface area contributed by atoms with Crippen molar-refractivity contribution in [2.75, 3.05) is 44.8 Å². The number of rotatable bonds is 8. The van der Waals surface area contributed by atoms with Gasteiger partial charge in [-0.25, -0.2) is 14.4 Å². The predicted octanol–water partition coefficient (Wildman–Crippen LogP) is 3.37. The van der Waals surface area contributed by atoms with Crippen LogP contribution in [-0.4, -0.2) is 60.2 Å². The molecule has 0 bridgehead atoms. The number of nitrogens with one attached hydrogen (secondary N) is 1. The Morgan fingerprint density at radius 2 is 2.03 bits per heavy atom. The van der Waals surface area contributed by atoms with E-state index in [1.807, 2.05) is 6.07 Å². The van der Waals surface area contributed by atoms with Gasteiger partial charge in [0.2, 0.25) is 5.82 Å². The number of fused-ring (bicyclic) bond motifs is 1. The van der Waals surface area contributed by atoms with Crippen LogP contribution in [0.2, 0.25) is 5.02 Å². The zero-order valence-corrected chi connectivity index (χ0v) is 18.1. The maximum Gasteiger partial charge on any atom is 0.286 e. The van der Waals surface area contributed by atoms with Crippen molar-refractivity contribution in [1.82, 2.24) is 14.9 Å². The van der Waals surface area contributed by atoms with Crippen LogP contribution in [0.25, 0.3) is 10.9 Å². The first-order valence-corrected chi connectivity index (χ1v) is 10.6. The van der Waals surface area contributed by atoms with Gasteiger partial charge >= 0.3 is 0 Å². The van der Waals surface area contributed by atoms with Crippen LogP contribution in [0.4, 0.5) is 15.9 Å². The third-order valence-electron chi connectivity index (χ3n) is 5.06. The van der Waals surface area contributed by atoms with Gasteiger partial charge in [0.15, 0.2) is 0 Å². The molecule has 4 rings (SSSR count). The van der Waals surface area contributed by atoms with E-state index in [4.69, 9.17) is 26.8 Å². The third kappa shape index (κ3) is 5.42. The highest BCUT2D eigenvalue weighted by atomic mass is 35.5. The molecule has 1 aliphatic rings. The lowest BCUT2D eigenvalue weighted by Gasteiger charge is -2.26. The molecule has 3 N–H and O–H groups in total. The molecule has 32 heavy (non-hydrogen) atoms. The molecule has 0 spiro atoms. The number of carbonyl (C=O) groups is 1. The predicted molar refractivity (Wildman–Crippen MR) is 120 cm³/mol. The Bertz CT molecular complexity index is 1120. The number of primary amides is 1. The quantitative estimate of drug-likeness (QED) is 0.498. The Balaban J connectivity index is 1.51. The summed E-state index contributed by atoms with van der Waals surface area (Å²) in [6.07, 6.45) is 0.881. The number of morpholine rings is 1. The number of nitrogens with two attached hydrogens (primary N) is 1. The lowest BCUT2D eigenvalue weighted by Crippen LogP contribution is -2.37. The van der Waals surface area contributed by atoms with E-state index in [9.17, 15) is 9.18 Å². The summed E-state index contributed by atoms with van der Waals surface area (Å²) in [7, 11) is 0. The molecule has 168 valence electrons. The molecule has 2 aromatic carbocycles. The first-order valence-electron chi connectivity index (χ1n) is 10.3. The van der Waals surface area contributed by atoms with Crippen molar-refractivity contribution in [3.05, 3.63) is 53.1 Å². The van der Waals surface area contributed by atoms with Crippen LogP contribution in [0, 0.1) is 5.82 Å². The average Bonchev–Trinajstić information content (AvgIpc) is 2.79. The molecule has 8 nitrogen and oxygen atoms in total. The molecular formula is C22H23ClFN5O3. The maximum atomic E-state index is 13.5. The largest absolute Gasteiger partial charge is 0.493 e. The molecule has 0 atom stereocenters. The lowest BCUT2D eigenvalue weighted by atomic mass is 10.2. The van der Waals surface area contributed by atoms with Gasteiger partial charge < -0.3 is 20.5 Å². The standard InChI is InChI=1S/C22H23ClFN5O3/c23-17-12-14(2-5-18(17)24)26-21-16-4-3-15(13-19(16)27-22(28-21)20(25)30)32-9-1-6-29-7-10-31-11-8-29/h2-5,12-13H,1,6-11H2,(H2,25,30)(H,26,27,28). The maximum absolute atomic E-state index is 13.5. The molecule has 1 aliphatic heterocycles. The van der Waals surface area contributed by atoms with Crippen molar-refractivity contribution in [1.29, 1.82) is 0 Å². The second kappa shape index (κ2) is 10.1. The number of benzene rings is 2. The normalized spacial score (nSPS) is 14.4. The second-order valence-electron chi connectivity index (χ2n) is 7.35. The number of hydrogen-bond acceptors (Lipinski definition) is 7. The van der Waals surface area contributed by atoms with Crippen molar-refractivity contribution >= 4 is 39.9 Å². The number of halogens is 2. The van der Waals surface area contributed by atoms with Gasteiger partial charge in [0.25, 0.3) is 5.91 Å². The van der Waals surface area contributed by atoms with E-state index in [0.29, 0.717) is 34.8 Å². The zero-order chi connectivity index (χ0) is 22.5. The first kappa shape index (κ1) is 22.2. The minimum absolute atomic E-state index is 0.0312. The molecule has 1 amide bonds. The molecule has 3 aromatic rings. The highest BCUT2D eigenvalue weighted by Gasteiger charge is 2.14. The van der Waals surface area contributed by atoms with E-state index >= 15 is 0 Å². The van der Waals surface area contributed by atoms with Gasteiger partial charge in [-0.1, -0.05) is 11.6 Å². The topological polar surface area (TPSA) is 103 Å². The fourth-order valence-electron chi connectivity index (χ4n) is 3.42. The zero-order valence-electron chi connectivity index (χ0n) is 17.3. The molecule has 0 radical (unpaired) electrons. The summed E-state index contributed by atoms with van der Waals surface area (Å²) in [5.74, 6) is -0.450. The summed E-state index contributed by atoms with van der Waals surface area (Å²) >= 11 is 5.86. The van der Waals surface area contributed by atoms with Crippen LogP contribution in [0.15, 0.2) is 36.4 Å². The molecule has 2 heterocycles. The van der Waals surface area contributed by atoms with E-state index in [2.05, 4.69) is 20.2 Å². The number of amides is 1. The Labute approximate surface area is 189 Å². The lowest BCUT2D eigenvalue weighted by molar-refractivity contribution is 0.0358. The summed E-state index contributed by atoms with van der Waals surface area (Å²) in [6, 6.07) is 9.54. The fourth-order valence-corrected chi connectivity index (χ4v) is 3.60. The van der Waals surface area contributed by atoms with Gasteiger partial charge in [0, 0.05) is 36.8 Å². The van der Waals surface area contributed by atoms with Crippen molar-refractivity contribution in [2.45, 2.75) is 6.42 Å². The summed E-state index contributed by atoms with van der Waals surface area (Å²) in [5.41, 5.74) is 6.42. The highest BCUT2D eigenvalue weighted by molar-refractivity contribution is 6.31. The Hall–Kier alpha value is -3.01. The molecular weight excluding hydrogens is 437 g/mol. The molecule has 1 saturated heterocycles. The average molecular weight is 460 g/mol. The van der Waals surface area contributed by atoms with Crippen molar-refractivity contribution in [3.8, 4) is 5.75 Å². The minimum Gasteiger partial charge on any atom is -0.493 e.